The second kappa shape index (κ2) is 13.2. The molecule has 5 heteroatoms. The Morgan fingerprint density at radius 2 is 1.04 bits per heavy atom. The molecule has 0 spiro atoms. The van der Waals surface area contributed by atoms with Crippen molar-refractivity contribution in [3.05, 3.63) is 186 Å². The largest absolute Gasteiger partial charge is 0.457 e. The highest BCUT2D eigenvalue weighted by molar-refractivity contribution is 7.20. The zero-order valence-corrected chi connectivity index (χ0v) is 34.2. The van der Waals surface area contributed by atoms with Crippen molar-refractivity contribution in [2.75, 3.05) is 0 Å². The molecule has 0 N–H and O–H groups in total. The fraction of sp³-hybridized carbons (Fsp3) is 0.154. The van der Waals surface area contributed by atoms with E-state index in [4.69, 9.17) is 17.9 Å². The summed E-state index contributed by atoms with van der Waals surface area (Å²) < 4.78 is 9.52. The average Bonchev–Trinajstić information content (AvgIpc) is 3.55. The molecule has 9 rings (SSSR count). The van der Waals surface area contributed by atoms with Crippen LogP contribution in [0.2, 0.25) is 0 Å². The molecular weight excluding hydrogens is 711 g/mol. The lowest BCUT2D eigenvalue weighted by molar-refractivity contribution is 0.489. The fourth-order valence-corrected chi connectivity index (χ4v) is 13.8. The molecule has 1 aromatic heterocycles. The summed E-state index contributed by atoms with van der Waals surface area (Å²) in [6.45, 7) is 30.3. The second-order valence-electron chi connectivity index (χ2n) is 17.1. The Labute approximate surface area is 336 Å². The van der Waals surface area contributed by atoms with Crippen molar-refractivity contribution >= 4 is 62.0 Å². The van der Waals surface area contributed by atoms with E-state index in [1.807, 2.05) is 18.2 Å². The van der Waals surface area contributed by atoms with Crippen LogP contribution in [0.25, 0.3) is 48.3 Å². The Morgan fingerprint density at radius 1 is 0.526 bits per heavy atom. The minimum atomic E-state index is -3.14. The number of rotatable bonds is 4. The Kier molecular flexibility index (Phi) is 8.36. The van der Waals surface area contributed by atoms with Gasteiger partial charge < -0.3 is 9.30 Å². The molecule has 2 heterocycles. The van der Waals surface area contributed by atoms with Gasteiger partial charge >= 0.3 is 0 Å². The van der Waals surface area contributed by atoms with Crippen LogP contribution in [-0.4, -0.2) is 12.6 Å². The summed E-state index contributed by atoms with van der Waals surface area (Å²) >= 11 is 0. The Bertz CT molecular complexity index is 2830. The summed E-state index contributed by atoms with van der Waals surface area (Å²) in [4.78, 5) is 8.03. The van der Waals surface area contributed by atoms with Crippen LogP contribution in [0.5, 0.6) is 11.5 Å². The van der Waals surface area contributed by atoms with Gasteiger partial charge in [-0.15, -0.1) is 0 Å². The number of aromatic nitrogens is 1. The van der Waals surface area contributed by atoms with Crippen LogP contribution in [0.3, 0.4) is 0 Å². The molecule has 1 aliphatic heterocycles. The molecule has 0 bridgehead atoms. The third-order valence-corrected chi connectivity index (χ3v) is 16.5. The van der Waals surface area contributed by atoms with Crippen molar-refractivity contribution in [1.82, 2.24) is 4.57 Å². The zero-order chi connectivity index (χ0) is 39.7. The molecule has 276 valence electrons. The van der Waals surface area contributed by atoms with Crippen molar-refractivity contribution in [2.24, 2.45) is 0 Å². The standard InChI is InChI=1S/C52H43N3OSi/c1-51(2,3)34-26-28-44-39(30-34)40-31-35(52(4,5)6)27-29-45(40)55(44)36-32-41(49-42(53-7)22-17-23-43(49)54-8)50-48(33-36)57(37-18-11-9-12-19-37,38-20-13-10-14-21-38)47-25-16-15-24-46(47)56-50/h9-33H,1-6H3. The maximum atomic E-state index is 8.34. The summed E-state index contributed by atoms with van der Waals surface area (Å²) in [5, 5.41) is 7.09. The van der Waals surface area contributed by atoms with Gasteiger partial charge in [0, 0.05) is 22.0 Å². The fourth-order valence-electron chi connectivity index (χ4n) is 8.83. The summed E-state index contributed by atoms with van der Waals surface area (Å²) in [7, 11) is -3.14. The monoisotopic (exact) mass is 753 g/mol. The van der Waals surface area contributed by atoms with Gasteiger partial charge in [-0.2, -0.15) is 0 Å². The first kappa shape index (κ1) is 36.0. The van der Waals surface area contributed by atoms with E-state index in [0.717, 1.165) is 38.4 Å². The number of benzene rings is 7. The van der Waals surface area contributed by atoms with Gasteiger partial charge in [-0.1, -0.05) is 151 Å². The van der Waals surface area contributed by atoms with Gasteiger partial charge in [-0.05, 0) is 90.7 Å². The zero-order valence-electron chi connectivity index (χ0n) is 33.2. The molecule has 0 atom stereocenters. The minimum absolute atomic E-state index is 0.0375. The predicted molar refractivity (Wildman–Crippen MR) is 240 cm³/mol. The van der Waals surface area contributed by atoms with E-state index >= 15 is 0 Å². The van der Waals surface area contributed by atoms with Crippen molar-refractivity contribution < 1.29 is 4.74 Å². The number of para-hydroxylation sites is 1. The first-order chi connectivity index (χ1) is 27.4. The van der Waals surface area contributed by atoms with Gasteiger partial charge in [0.2, 0.25) is 0 Å². The third kappa shape index (κ3) is 5.61. The summed E-state index contributed by atoms with van der Waals surface area (Å²) in [6, 6.07) is 53.9. The van der Waals surface area contributed by atoms with Gasteiger partial charge in [0.1, 0.15) is 11.5 Å². The highest BCUT2D eigenvalue weighted by Gasteiger charge is 2.49. The molecule has 0 saturated carbocycles. The van der Waals surface area contributed by atoms with Crippen molar-refractivity contribution in [2.45, 2.75) is 52.4 Å². The van der Waals surface area contributed by atoms with E-state index in [1.54, 1.807) is 6.07 Å². The normalized spacial score (nSPS) is 13.3. The molecule has 7 aromatic carbocycles. The first-order valence-electron chi connectivity index (χ1n) is 19.5. The molecule has 1 aliphatic rings. The van der Waals surface area contributed by atoms with Gasteiger partial charge in [-0.3, -0.25) is 0 Å². The van der Waals surface area contributed by atoms with E-state index in [9.17, 15) is 0 Å². The average molecular weight is 754 g/mol. The van der Waals surface area contributed by atoms with Crippen LogP contribution in [0.15, 0.2) is 152 Å². The lowest BCUT2D eigenvalue weighted by atomic mass is 9.85. The van der Waals surface area contributed by atoms with E-state index in [2.05, 4.69) is 183 Å². The second-order valence-corrected chi connectivity index (χ2v) is 20.9. The Balaban J connectivity index is 1.50. The van der Waals surface area contributed by atoms with Crippen LogP contribution in [0.4, 0.5) is 11.4 Å². The lowest BCUT2D eigenvalue weighted by Gasteiger charge is -2.40. The van der Waals surface area contributed by atoms with Gasteiger partial charge in [0.05, 0.1) is 24.2 Å². The van der Waals surface area contributed by atoms with Crippen LogP contribution in [0, 0.1) is 13.1 Å². The maximum Gasteiger partial charge on any atom is 0.188 e. The van der Waals surface area contributed by atoms with Gasteiger partial charge in [-0.25, -0.2) is 9.69 Å². The molecule has 0 radical (unpaired) electrons. The van der Waals surface area contributed by atoms with Crippen LogP contribution >= 0.6 is 0 Å². The molecule has 4 nitrogen and oxygen atoms in total. The highest BCUT2D eigenvalue weighted by atomic mass is 28.3. The van der Waals surface area contributed by atoms with Crippen molar-refractivity contribution in [1.29, 1.82) is 0 Å². The molecule has 0 aliphatic carbocycles. The lowest BCUT2D eigenvalue weighted by Crippen LogP contribution is -2.76. The minimum Gasteiger partial charge on any atom is -0.457 e. The molecule has 0 fully saturated rings. The smallest absolute Gasteiger partial charge is 0.188 e. The van der Waals surface area contributed by atoms with Gasteiger partial charge in [0.25, 0.3) is 0 Å². The maximum absolute atomic E-state index is 8.34. The van der Waals surface area contributed by atoms with E-state index in [0.29, 0.717) is 22.7 Å². The Morgan fingerprint density at radius 3 is 1.54 bits per heavy atom. The van der Waals surface area contributed by atoms with Crippen LogP contribution < -0.4 is 25.5 Å². The number of ether oxygens (including phenoxy) is 1. The van der Waals surface area contributed by atoms with Gasteiger partial charge in [0.15, 0.2) is 19.4 Å². The number of hydrogen-bond donors (Lipinski definition) is 0. The van der Waals surface area contributed by atoms with E-state index in [-0.39, 0.29) is 10.8 Å². The number of hydrogen-bond acceptors (Lipinski definition) is 1. The molecule has 0 amide bonds. The van der Waals surface area contributed by atoms with Crippen molar-refractivity contribution in [3.63, 3.8) is 0 Å². The summed E-state index contributed by atoms with van der Waals surface area (Å²) in [6.07, 6.45) is 0. The summed E-state index contributed by atoms with van der Waals surface area (Å²) in [5.74, 6) is 1.49. The van der Waals surface area contributed by atoms with Crippen molar-refractivity contribution in [3.8, 4) is 28.3 Å². The highest BCUT2D eigenvalue weighted by Crippen LogP contribution is 2.47. The molecule has 57 heavy (non-hydrogen) atoms. The molecule has 0 saturated heterocycles. The molecule has 0 unspecified atom stereocenters. The third-order valence-electron chi connectivity index (χ3n) is 11.7. The topological polar surface area (TPSA) is 22.9 Å². The van der Waals surface area contributed by atoms with Crippen LogP contribution in [0.1, 0.15) is 52.7 Å². The van der Waals surface area contributed by atoms with Crippen LogP contribution in [-0.2, 0) is 10.8 Å². The summed E-state index contributed by atoms with van der Waals surface area (Å²) in [5.41, 5.74) is 7.81. The quantitative estimate of drug-likeness (QED) is 0.130. The number of nitrogens with zero attached hydrogens (tertiary/aromatic N) is 3. The number of fused-ring (bicyclic) bond motifs is 5. The predicted octanol–water partition coefficient (Wildman–Crippen LogP) is 11.6. The van der Waals surface area contributed by atoms with E-state index < -0.39 is 8.07 Å². The molecular formula is C52H43N3OSi. The molecule has 8 aromatic rings. The van der Waals surface area contributed by atoms with E-state index in [1.165, 1.54) is 32.3 Å². The SMILES string of the molecule is [C-]#[N+]c1cccc([N+]#[C-])c1-c1cc(-n2c3ccc(C(C)(C)C)cc3c3cc(C(C)(C)C)ccc32)cc2c1Oc1ccccc1[Si]2(c1ccccc1)c1ccccc1. The Hall–Kier alpha value is -6.66. The first-order valence-corrected chi connectivity index (χ1v) is 21.5.